The van der Waals surface area contributed by atoms with Crippen LogP contribution in [0.5, 0.6) is 0 Å². The Bertz CT molecular complexity index is 2170. The number of nitrogens with one attached hydrogen (secondary N) is 3. The van der Waals surface area contributed by atoms with Crippen molar-refractivity contribution in [3.05, 3.63) is 53.2 Å². The third-order valence-electron chi connectivity index (χ3n) is 16.3. The molecular formula is C52H74N6O8S. The van der Waals surface area contributed by atoms with Gasteiger partial charge >= 0.3 is 5.97 Å². The van der Waals surface area contributed by atoms with Crippen molar-refractivity contribution in [2.45, 2.75) is 156 Å². The van der Waals surface area contributed by atoms with E-state index in [0.717, 1.165) is 60.2 Å². The van der Waals surface area contributed by atoms with Gasteiger partial charge in [0.2, 0.25) is 29.5 Å². The number of β-amino-alcohol motifs (C(OH)–C–C–N with tert-alkyl or cyclic N) is 1. The number of fused-ring (bicyclic) bond motifs is 5. The number of aliphatic hydroxyl groups is 1. The molecule has 2 aromatic rings. The number of ether oxygens (including phenoxy) is 1. The fraction of sp³-hybridized carbons (Fsp3) is 0.673. The molecule has 2 aliphatic heterocycles. The number of hydrogen-bond donors (Lipinski definition) is 4. The molecule has 0 unspecified atom stereocenters. The maximum absolute atomic E-state index is 14.1. The highest BCUT2D eigenvalue weighted by molar-refractivity contribution is 7.13. The van der Waals surface area contributed by atoms with Crippen LogP contribution in [0.1, 0.15) is 130 Å². The lowest BCUT2D eigenvalue weighted by Crippen LogP contribution is -2.59. The Morgan fingerprint density at radius 1 is 1.01 bits per heavy atom. The number of benzene rings is 1. The van der Waals surface area contributed by atoms with Gasteiger partial charge in [-0.15, -0.1) is 11.3 Å². The van der Waals surface area contributed by atoms with E-state index in [1.807, 2.05) is 69.3 Å². The molecule has 7 rings (SSSR count). The molecule has 4 fully saturated rings. The first-order chi connectivity index (χ1) is 31.8. The maximum atomic E-state index is 14.1. The van der Waals surface area contributed by atoms with Crippen molar-refractivity contribution in [2.75, 3.05) is 26.2 Å². The molecule has 366 valence electrons. The number of aryl methyl sites for hydroxylation is 1. The molecule has 3 heterocycles. The average molecular weight is 943 g/mol. The third kappa shape index (κ3) is 11.0. The lowest BCUT2D eigenvalue weighted by Gasteiger charge is -2.58. The van der Waals surface area contributed by atoms with Crippen molar-refractivity contribution < 1.29 is 38.6 Å². The molecule has 1 aromatic heterocycles. The number of rotatable bonds is 17. The first kappa shape index (κ1) is 50.3. The number of likely N-dealkylation sites (N-methyl/N-ethyl adjacent to an activating group) is 1. The molecule has 10 atom stereocenters. The van der Waals surface area contributed by atoms with E-state index in [9.17, 15) is 33.9 Å². The summed E-state index contributed by atoms with van der Waals surface area (Å²) in [5.74, 6) is 0.239. The Hall–Kier alpha value is -4.63. The second-order valence-corrected chi connectivity index (χ2v) is 22.4. The molecule has 5 amide bonds. The number of unbranched alkanes of at least 4 members (excludes halogenated alkanes) is 2. The Morgan fingerprint density at radius 3 is 2.46 bits per heavy atom. The maximum Gasteiger partial charge on any atom is 0.305 e. The minimum atomic E-state index is -0.921. The van der Waals surface area contributed by atoms with Crippen molar-refractivity contribution in [1.82, 2.24) is 30.7 Å². The zero-order valence-electron chi connectivity index (χ0n) is 40.7. The Morgan fingerprint density at radius 2 is 1.76 bits per heavy atom. The van der Waals surface area contributed by atoms with E-state index in [-0.39, 0.29) is 91.3 Å². The third-order valence-corrected chi connectivity index (χ3v) is 17.3. The fourth-order valence-electron chi connectivity index (χ4n) is 12.5. The molecule has 0 bridgehead atoms. The molecule has 3 saturated carbocycles. The van der Waals surface area contributed by atoms with E-state index in [1.54, 1.807) is 17.4 Å². The number of esters is 1. The molecule has 5 aliphatic rings. The molecule has 0 spiro atoms. The predicted molar refractivity (Wildman–Crippen MR) is 257 cm³/mol. The molecule has 4 N–H and O–H groups in total. The number of amides is 5. The summed E-state index contributed by atoms with van der Waals surface area (Å²) in [6.45, 7) is 15.5. The number of hydrogen-bond acceptors (Lipinski definition) is 10. The van der Waals surface area contributed by atoms with Crippen LogP contribution in [0.25, 0.3) is 10.4 Å². The van der Waals surface area contributed by atoms with Gasteiger partial charge in [-0.1, -0.05) is 71.4 Å². The van der Waals surface area contributed by atoms with Crippen LogP contribution in [0, 0.1) is 46.8 Å². The van der Waals surface area contributed by atoms with Crippen molar-refractivity contribution in [1.29, 1.82) is 0 Å². The molecule has 0 radical (unpaired) electrons. The van der Waals surface area contributed by atoms with Crippen LogP contribution in [0.15, 0.2) is 41.9 Å². The number of aromatic nitrogens is 1. The van der Waals surface area contributed by atoms with Crippen LogP contribution < -0.4 is 16.0 Å². The van der Waals surface area contributed by atoms with Crippen LogP contribution in [0.3, 0.4) is 0 Å². The van der Waals surface area contributed by atoms with Crippen LogP contribution in [0.2, 0.25) is 0 Å². The summed E-state index contributed by atoms with van der Waals surface area (Å²) in [7, 11) is 0. The summed E-state index contributed by atoms with van der Waals surface area (Å²) in [4.78, 5) is 88.5. The molecule has 67 heavy (non-hydrogen) atoms. The fourth-order valence-corrected chi connectivity index (χ4v) is 13.3. The van der Waals surface area contributed by atoms with Crippen molar-refractivity contribution in [3.8, 4) is 10.4 Å². The minimum Gasteiger partial charge on any atom is -0.464 e. The topological polar surface area (TPSA) is 187 Å². The number of carbonyl (C=O) groups excluding carboxylic acids is 6. The van der Waals surface area contributed by atoms with Gasteiger partial charge in [-0.3, -0.25) is 28.8 Å². The largest absolute Gasteiger partial charge is 0.464 e. The average Bonchev–Trinajstić information content (AvgIpc) is 4.01. The van der Waals surface area contributed by atoms with Gasteiger partial charge in [-0.2, -0.15) is 0 Å². The van der Waals surface area contributed by atoms with Gasteiger partial charge in [0.05, 0.1) is 28.7 Å². The van der Waals surface area contributed by atoms with Gasteiger partial charge < -0.3 is 35.6 Å². The Kier molecular flexibility index (Phi) is 15.7. The first-order valence-electron chi connectivity index (χ1n) is 24.8. The van der Waals surface area contributed by atoms with Gasteiger partial charge in [0.15, 0.2) is 0 Å². The zero-order valence-corrected chi connectivity index (χ0v) is 41.6. The second-order valence-electron chi connectivity index (χ2n) is 21.5. The number of carbonyl (C=O) groups is 6. The van der Waals surface area contributed by atoms with Gasteiger partial charge in [0.25, 0.3) is 0 Å². The van der Waals surface area contributed by atoms with Crippen LogP contribution in [-0.4, -0.2) is 106 Å². The van der Waals surface area contributed by atoms with E-state index in [1.165, 1.54) is 4.90 Å². The summed E-state index contributed by atoms with van der Waals surface area (Å²) < 4.78 is 5.60. The SMILES string of the molecule is CCN(CCOC(=O)CCCCCC(=O)N[C@H](C(=O)N1C[C@H](O)C[C@H]1C(=O)NCc1ccc(-c2scnc2C)cc1)C(C)(C)C)C(=O)[C@H]1CC[C@H]2[C@@H]3CC[C@H]4NC(=O)C=C[C@]4(C)[C@H]3CC[C@]12C. The highest BCUT2D eigenvalue weighted by Gasteiger charge is 2.61. The summed E-state index contributed by atoms with van der Waals surface area (Å²) in [5, 5.41) is 19.7. The summed E-state index contributed by atoms with van der Waals surface area (Å²) in [6.07, 6.45) is 11.2. The van der Waals surface area contributed by atoms with Crippen molar-refractivity contribution in [3.63, 3.8) is 0 Å². The monoisotopic (exact) mass is 943 g/mol. The first-order valence-corrected chi connectivity index (χ1v) is 25.7. The van der Waals surface area contributed by atoms with Crippen molar-refractivity contribution in [2.24, 2.45) is 39.9 Å². The summed E-state index contributed by atoms with van der Waals surface area (Å²) in [5.41, 5.74) is 3.94. The van der Waals surface area contributed by atoms with Crippen LogP contribution in [-0.2, 0) is 40.0 Å². The van der Waals surface area contributed by atoms with Gasteiger partial charge in [0.1, 0.15) is 18.7 Å². The number of aliphatic hydroxyl groups excluding tert-OH is 1. The number of nitrogens with zero attached hydrogens (tertiary/aromatic N) is 3. The predicted octanol–water partition coefficient (Wildman–Crippen LogP) is 6.48. The van der Waals surface area contributed by atoms with E-state index in [0.29, 0.717) is 50.1 Å². The second kappa shape index (κ2) is 20.9. The minimum absolute atomic E-state index is 0.00496. The van der Waals surface area contributed by atoms with Crippen LogP contribution in [0.4, 0.5) is 0 Å². The molecule has 1 saturated heterocycles. The summed E-state index contributed by atoms with van der Waals surface area (Å²) in [6, 6.07) is 6.27. The molecule has 14 nitrogen and oxygen atoms in total. The number of likely N-dealkylation sites (tertiary alicyclic amines) is 1. The van der Waals surface area contributed by atoms with E-state index in [2.05, 4.69) is 40.9 Å². The zero-order chi connectivity index (χ0) is 48.3. The normalized spacial score (nSPS) is 29.2. The Balaban J connectivity index is 0.811. The standard InChI is InChI=1S/C52H74N6O8S/c1-8-57(48(64)39-20-19-37-36-18-21-41-52(7,25-23-43(61)55-41)38(36)22-24-51(37,39)6)26-27-66-44(62)13-11-9-10-12-42(60)56-46(50(3,4)5)49(65)58-30-35(59)28-40(58)47(63)53-29-33-14-16-34(17-15-33)45-32(2)54-31-67-45/h14-17,23,25,31,35-41,46,59H,8-13,18-22,24,26-30H2,1-7H3,(H,53,63)(H,55,61)(H,56,60)/t35-,36+,37+,38+,39-,40+,41-,46-,51+,52-/m1/s1. The van der Waals surface area contributed by atoms with Gasteiger partial charge in [-0.25, -0.2) is 4.98 Å². The van der Waals surface area contributed by atoms with Gasteiger partial charge in [-0.05, 0) is 111 Å². The number of thiazole rings is 1. The lowest BCUT2D eigenvalue weighted by molar-refractivity contribution is -0.149. The lowest BCUT2D eigenvalue weighted by atomic mass is 9.48. The van der Waals surface area contributed by atoms with E-state index >= 15 is 0 Å². The Labute approximate surface area is 400 Å². The summed E-state index contributed by atoms with van der Waals surface area (Å²) >= 11 is 1.57. The molecule has 3 aliphatic carbocycles. The highest BCUT2D eigenvalue weighted by Crippen LogP contribution is 2.65. The van der Waals surface area contributed by atoms with E-state index in [4.69, 9.17) is 4.74 Å². The molecule has 15 heteroatoms. The van der Waals surface area contributed by atoms with Crippen LogP contribution >= 0.6 is 11.3 Å². The molecular weight excluding hydrogens is 869 g/mol. The molecule has 1 aromatic carbocycles. The van der Waals surface area contributed by atoms with E-state index < -0.39 is 29.5 Å². The highest BCUT2D eigenvalue weighted by atomic mass is 32.1. The quantitative estimate of drug-likeness (QED) is 0.102. The van der Waals surface area contributed by atoms with Gasteiger partial charge in [0, 0.05) is 56.3 Å². The van der Waals surface area contributed by atoms with Crippen molar-refractivity contribution >= 4 is 46.8 Å². The smallest absolute Gasteiger partial charge is 0.305 e.